The van der Waals surface area contributed by atoms with E-state index < -0.39 is 0 Å². The lowest BCUT2D eigenvalue weighted by Crippen LogP contribution is -2.40. The number of piperidine rings is 1. The molecule has 0 saturated carbocycles. The summed E-state index contributed by atoms with van der Waals surface area (Å²) in [5.74, 6) is 0.760. The molecule has 1 aromatic heterocycles. The van der Waals surface area contributed by atoms with Crippen LogP contribution in [0.3, 0.4) is 0 Å². The predicted molar refractivity (Wildman–Crippen MR) is 107 cm³/mol. The number of carbonyl (C=O) groups excluding carboxylic acids is 1. The van der Waals surface area contributed by atoms with Gasteiger partial charge in [0, 0.05) is 50.8 Å². The van der Waals surface area contributed by atoms with E-state index >= 15 is 0 Å². The number of benzene rings is 1. The molecule has 5 nitrogen and oxygen atoms in total. The van der Waals surface area contributed by atoms with Crippen molar-refractivity contribution in [3.63, 3.8) is 0 Å². The number of nitrogens with zero attached hydrogens (tertiary/aromatic N) is 3. The number of hydrogen-bond acceptors (Lipinski definition) is 4. The first-order valence-corrected chi connectivity index (χ1v) is 9.25. The smallest absolute Gasteiger partial charge is 0.255 e. The van der Waals surface area contributed by atoms with E-state index in [1.54, 1.807) is 6.20 Å². The van der Waals surface area contributed by atoms with E-state index in [0.717, 1.165) is 49.3 Å². The fourth-order valence-corrected chi connectivity index (χ4v) is 3.48. The molecular weight excluding hydrogens is 324 g/mol. The van der Waals surface area contributed by atoms with Gasteiger partial charge in [0.05, 0.1) is 5.56 Å². The van der Waals surface area contributed by atoms with Crippen LogP contribution in [0.4, 0.5) is 5.69 Å². The zero-order valence-electron chi connectivity index (χ0n) is 15.9. The maximum absolute atomic E-state index is 12.9. The highest BCUT2D eigenvalue weighted by atomic mass is 16.2. The minimum atomic E-state index is 0.0900. The van der Waals surface area contributed by atoms with Gasteiger partial charge in [-0.1, -0.05) is 12.1 Å². The van der Waals surface area contributed by atoms with Gasteiger partial charge in [0.25, 0.3) is 5.91 Å². The van der Waals surface area contributed by atoms with Gasteiger partial charge in [-0.25, -0.2) is 0 Å². The van der Waals surface area contributed by atoms with E-state index in [4.69, 9.17) is 0 Å². The number of carbonyl (C=O) groups is 1. The van der Waals surface area contributed by atoms with Crippen LogP contribution in [-0.4, -0.2) is 56.6 Å². The number of amides is 1. The molecule has 26 heavy (non-hydrogen) atoms. The molecule has 1 saturated heterocycles. The summed E-state index contributed by atoms with van der Waals surface area (Å²) in [4.78, 5) is 21.2. The van der Waals surface area contributed by atoms with E-state index in [1.165, 1.54) is 0 Å². The topological polar surface area (TPSA) is 48.5 Å². The summed E-state index contributed by atoms with van der Waals surface area (Å²) in [5, 5.41) is 3.23. The van der Waals surface area contributed by atoms with Crippen LogP contribution in [0.15, 0.2) is 42.7 Å². The highest BCUT2D eigenvalue weighted by Crippen LogP contribution is 2.24. The molecule has 0 spiro atoms. The van der Waals surface area contributed by atoms with Crippen LogP contribution in [0.25, 0.3) is 11.1 Å². The molecule has 138 valence electrons. The summed E-state index contributed by atoms with van der Waals surface area (Å²) in [6, 6.07) is 10.3. The molecule has 1 N–H and O–H groups in total. The molecule has 3 rings (SSSR count). The number of hydrogen-bond donors (Lipinski definition) is 1. The lowest BCUT2D eigenvalue weighted by atomic mass is 9.96. The quantitative estimate of drug-likeness (QED) is 0.899. The van der Waals surface area contributed by atoms with Crippen molar-refractivity contribution in [3.05, 3.63) is 48.3 Å². The van der Waals surface area contributed by atoms with Gasteiger partial charge in [-0.3, -0.25) is 9.78 Å². The molecule has 2 heterocycles. The first kappa shape index (κ1) is 18.4. The largest absolute Gasteiger partial charge is 0.378 e. The van der Waals surface area contributed by atoms with Gasteiger partial charge in [0.1, 0.15) is 0 Å². The summed E-state index contributed by atoms with van der Waals surface area (Å²) in [5.41, 5.74) is 3.88. The SMILES string of the molecule is CNCC1CCN(C(=O)c2cncc(-c3ccc(N(C)C)cc3)c2)CC1. The lowest BCUT2D eigenvalue weighted by Gasteiger charge is -2.32. The molecule has 5 heteroatoms. The Kier molecular flexibility index (Phi) is 5.89. The normalized spacial score (nSPS) is 15.1. The van der Waals surface area contributed by atoms with Crippen LogP contribution in [-0.2, 0) is 0 Å². The summed E-state index contributed by atoms with van der Waals surface area (Å²) >= 11 is 0. The maximum atomic E-state index is 12.9. The van der Waals surface area contributed by atoms with Crippen molar-refractivity contribution in [1.29, 1.82) is 0 Å². The minimum absolute atomic E-state index is 0.0900. The molecule has 2 aromatic rings. The van der Waals surface area contributed by atoms with Gasteiger partial charge in [-0.2, -0.15) is 0 Å². The van der Waals surface area contributed by atoms with E-state index in [-0.39, 0.29) is 5.91 Å². The molecule has 1 aliphatic heterocycles. The average molecular weight is 352 g/mol. The van der Waals surface area contributed by atoms with Crippen LogP contribution in [0, 0.1) is 5.92 Å². The van der Waals surface area contributed by atoms with Gasteiger partial charge in [-0.15, -0.1) is 0 Å². The Morgan fingerprint density at radius 2 is 1.85 bits per heavy atom. The third-order valence-corrected chi connectivity index (χ3v) is 5.10. The summed E-state index contributed by atoms with van der Waals surface area (Å²) in [6.45, 7) is 2.68. The molecule has 1 amide bonds. The zero-order valence-corrected chi connectivity index (χ0v) is 15.9. The Morgan fingerprint density at radius 3 is 2.46 bits per heavy atom. The fourth-order valence-electron chi connectivity index (χ4n) is 3.48. The monoisotopic (exact) mass is 352 g/mol. The van der Waals surface area contributed by atoms with Gasteiger partial charge < -0.3 is 15.1 Å². The molecule has 1 aliphatic rings. The van der Waals surface area contributed by atoms with Gasteiger partial charge in [-0.05, 0) is 56.1 Å². The zero-order chi connectivity index (χ0) is 18.5. The number of pyridine rings is 1. The van der Waals surface area contributed by atoms with Crippen molar-refractivity contribution >= 4 is 11.6 Å². The third-order valence-electron chi connectivity index (χ3n) is 5.10. The molecule has 0 aliphatic carbocycles. The predicted octanol–water partition coefficient (Wildman–Crippen LogP) is 2.89. The second-order valence-corrected chi connectivity index (χ2v) is 7.20. The number of rotatable bonds is 5. The average Bonchev–Trinajstić information content (AvgIpc) is 2.68. The Labute approximate surface area is 156 Å². The van der Waals surface area contributed by atoms with Crippen molar-refractivity contribution < 1.29 is 4.79 Å². The van der Waals surface area contributed by atoms with Crippen molar-refractivity contribution in [2.24, 2.45) is 5.92 Å². The molecule has 0 radical (unpaired) electrons. The molecule has 0 atom stereocenters. The number of anilines is 1. The Hall–Kier alpha value is -2.40. The van der Waals surface area contributed by atoms with E-state index in [2.05, 4.69) is 39.5 Å². The van der Waals surface area contributed by atoms with Crippen molar-refractivity contribution in [3.8, 4) is 11.1 Å². The highest BCUT2D eigenvalue weighted by molar-refractivity contribution is 5.95. The molecule has 1 fully saturated rings. The van der Waals surface area contributed by atoms with Crippen molar-refractivity contribution in [2.45, 2.75) is 12.8 Å². The van der Waals surface area contributed by atoms with E-state index in [9.17, 15) is 4.79 Å². The fraction of sp³-hybridized carbons (Fsp3) is 0.429. The van der Waals surface area contributed by atoms with E-state index in [0.29, 0.717) is 11.5 Å². The van der Waals surface area contributed by atoms with Gasteiger partial charge in [0.2, 0.25) is 0 Å². The number of likely N-dealkylation sites (tertiary alicyclic amines) is 1. The van der Waals surface area contributed by atoms with Crippen LogP contribution < -0.4 is 10.2 Å². The first-order chi connectivity index (χ1) is 12.6. The van der Waals surface area contributed by atoms with Gasteiger partial charge >= 0.3 is 0 Å². The highest BCUT2D eigenvalue weighted by Gasteiger charge is 2.23. The second kappa shape index (κ2) is 8.32. The van der Waals surface area contributed by atoms with Crippen molar-refractivity contribution in [2.75, 3.05) is 45.7 Å². The number of aromatic nitrogens is 1. The Balaban J connectivity index is 1.72. The molecule has 0 bridgehead atoms. The molecular formula is C21H28N4O. The third kappa shape index (κ3) is 4.22. The second-order valence-electron chi connectivity index (χ2n) is 7.20. The first-order valence-electron chi connectivity index (χ1n) is 9.25. The molecule has 1 aromatic carbocycles. The Bertz CT molecular complexity index is 734. The van der Waals surface area contributed by atoms with Crippen LogP contribution in [0.2, 0.25) is 0 Å². The summed E-state index contributed by atoms with van der Waals surface area (Å²) < 4.78 is 0. The standard InChI is InChI=1S/C21H28N4O/c1-22-13-16-8-10-25(11-9-16)21(26)19-12-18(14-23-15-19)17-4-6-20(7-5-17)24(2)3/h4-7,12,14-16,22H,8-11,13H2,1-3H3. The molecule has 0 unspecified atom stereocenters. The van der Waals surface area contributed by atoms with Crippen molar-refractivity contribution in [1.82, 2.24) is 15.2 Å². The van der Waals surface area contributed by atoms with Crippen LogP contribution >= 0.6 is 0 Å². The maximum Gasteiger partial charge on any atom is 0.255 e. The lowest BCUT2D eigenvalue weighted by molar-refractivity contribution is 0.0690. The number of nitrogens with one attached hydrogen (secondary N) is 1. The van der Waals surface area contributed by atoms with Crippen LogP contribution in [0.5, 0.6) is 0 Å². The van der Waals surface area contributed by atoms with E-state index in [1.807, 2.05) is 38.3 Å². The summed E-state index contributed by atoms with van der Waals surface area (Å²) in [7, 11) is 6.03. The Morgan fingerprint density at radius 1 is 1.15 bits per heavy atom. The minimum Gasteiger partial charge on any atom is -0.378 e. The summed E-state index contributed by atoms with van der Waals surface area (Å²) in [6.07, 6.45) is 5.62. The van der Waals surface area contributed by atoms with Gasteiger partial charge in [0.15, 0.2) is 0 Å². The van der Waals surface area contributed by atoms with Crippen LogP contribution in [0.1, 0.15) is 23.2 Å².